The van der Waals surface area contributed by atoms with Crippen LogP contribution in [-0.4, -0.2) is 91.2 Å². The molecule has 45 heavy (non-hydrogen) atoms. The third kappa shape index (κ3) is 13.8. The molecule has 4 amide bonds. The fraction of sp³-hybridized carbons (Fsp3) is 0.706. The number of carbonyl (C=O) groups excluding carboxylic acids is 4. The molecule has 0 spiro atoms. The van der Waals surface area contributed by atoms with Gasteiger partial charge in [0.05, 0.1) is 12.5 Å². The van der Waals surface area contributed by atoms with Gasteiger partial charge in [0.1, 0.15) is 17.8 Å². The molecule has 0 saturated heterocycles. The van der Waals surface area contributed by atoms with Crippen molar-refractivity contribution < 1.29 is 29.0 Å². The van der Waals surface area contributed by atoms with Crippen LogP contribution in [0.25, 0.3) is 0 Å². The van der Waals surface area contributed by atoms with Gasteiger partial charge in [-0.1, -0.05) is 45.2 Å². The molecular formula is C34H55N5O6. The fourth-order valence-electron chi connectivity index (χ4n) is 6.08. The number of benzene rings is 1. The van der Waals surface area contributed by atoms with Gasteiger partial charge in [-0.25, -0.2) is 0 Å². The molecule has 1 saturated carbocycles. The Kier molecular flexibility index (Phi) is 15.6. The molecule has 3 atom stereocenters. The van der Waals surface area contributed by atoms with Crippen molar-refractivity contribution in [2.45, 2.75) is 103 Å². The van der Waals surface area contributed by atoms with Crippen LogP contribution in [0.15, 0.2) is 24.3 Å². The predicted octanol–water partition coefficient (Wildman–Crippen LogP) is 2.30. The van der Waals surface area contributed by atoms with Gasteiger partial charge in [-0.05, 0) is 88.1 Å². The summed E-state index contributed by atoms with van der Waals surface area (Å²) in [6.45, 7) is 9.04. The summed E-state index contributed by atoms with van der Waals surface area (Å²) in [5.74, 6) is -0.263. The van der Waals surface area contributed by atoms with E-state index in [0.29, 0.717) is 36.7 Å². The second-order valence-corrected chi connectivity index (χ2v) is 13.1. The lowest BCUT2D eigenvalue weighted by Gasteiger charge is -2.30. The number of ether oxygens (including phenoxy) is 1. The van der Waals surface area contributed by atoms with Crippen LogP contribution >= 0.6 is 0 Å². The van der Waals surface area contributed by atoms with Gasteiger partial charge < -0.3 is 36.0 Å². The first kappa shape index (κ1) is 36.3. The molecule has 252 valence electrons. The van der Waals surface area contributed by atoms with Gasteiger partial charge in [0.2, 0.25) is 17.7 Å². The fourth-order valence-corrected chi connectivity index (χ4v) is 6.08. The van der Waals surface area contributed by atoms with Crippen LogP contribution < -0.4 is 26.0 Å². The number of aliphatic hydroxyl groups is 1. The second kappa shape index (κ2) is 19.4. The van der Waals surface area contributed by atoms with E-state index in [2.05, 4.69) is 26.2 Å². The first-order valence-corrected chi connectivity index (χ1v) is 16.9. The maximum atomic E-state index is 13.3. The van der Waals surface area contributed by atoms with Crippen molar-refractivity contribution in [1.82, 2.24) is 26.2 Å². The summed E-state index contributed by atoms with van der Waals surface area (Å²) in [6, 6.07) is 4.96. The van der Waals surface area contributed by atoms with Gasteiger partial charge in [-0.15, -0.1) is 0 Å². The number of rotatable bonds is 5. The van der Waals surface area contributed by atoms with Crippen LogP contribution in [0, 0.1) is 11.8 Å². The highest BCUT2D eigenvalue weighted by Crippen LogP contribution is 2.24. The van der Waals surface area contributed by atoms with Gasteiger partial charge in [0.25, 0.3) is 5.91 Å². The minimum absolute atomic E-state index is 0.00292. The third-order valence-electron chi connectivity index (χ3n) is 8.47. The normalized spacial score (nSPS) is 23.9. The molecule has 11 heteroatoms. The summed E-state index contributed by atoms with van der Waals surface area (Å²) in [5.41, 5.74) is 0.669. The summed E-state index contributed by atoms with van der Waals surface area (Å²) in [7, 11) is 0. The summed E-state index contributed by atoms with van der Waals surface area (Å²) in [5, 5.41) is 21.7. The number of carbonyl (C=O) groups is 4. The van der Waals surface area contributed by atoms with E-state index in [0.717, 1.165) is 38.9 Å². The number of nitrogens with one attached hydrogen (secondary N) is 4. The maximum Gasteiger partial charge on any atom is 0.257 e. The standard InChI is InChI=1S/C34H55N5O6/c1-24(2)19-29-33(43)38-32(25(3)40)34(44)36-15-7-8-17-39(22-26-11-5-4-6-12-26)18-10-16-35-31(42)23-45-28-14-9-13-27(20-28)21-30(41)37-29/h9,13-14,20,24-26,29,32,40H,4-8,10-12,15-19,21-23H2,1-3H3,(H,35,42)(H,36,44)(H,37,41)(H,38,43)/t25-,29-,32+/m1/s1. The van der Waals surface area contributed by atoms with E-state index < -0.39 is 30.0 Å². The molecule has 1 heterocycles. The highest BCUT2D eigenvalue weighted by molar-refractivity contribution is 5.92. The van der Waals surface area contributed by atoms with E-state index >= 15 is 0 Å². The minimum Gasteiger partial charge on any atom is -0.484 e. The molecule has 5 N–H and O–H groups in total. The molecule has 2 aliphatic rings. The van der Waals surface area contributed by atoms with Crippen molar-refractivity contribution in [3.8, 4) is 5.75 Å². The predicted molar refractivity (Wildman–Crippen MR) is 174 cm³/mol. The van der Waals surface area contributed by atoms with Crippen LogP contribution in [0.2, 0.25) is 0 Å². The topological polar surface area (TPSA) is 149 Å². The van der Waals surface area contributed by atoms with Crippen LogP contribution in [0.1, 0.15) is 84.1 Å². The number of aliphatic hydroxyl groups excluding tert-OH is 1. The molecule has 1 aliphatic heterocycles. The summed E-state index contributed by atoms with van der Waals surface area (Å²) < 4.78 is 5.71. The Morgan fingerprint density at radius 3 is 2.33 bits per heavy atom. The molecule has 11 nitrogen and oxygen atoms in total. The molecule has 0 unspecified atom stereocenters. The van der Waals surface area contributed by atoms with Gasteiger partial charge in [-0.3, -0.25) is 19.2 Å². The zero-order valence-corrected chi connectivity index (χ0v) is 27.4. The molecule has 1 aliphatic carbocycles. The molecule has 1 aromatic rings. The highest BCUT2D eigenvalue weighted by atomic mass is 16.5. The van der Waals surface area contributed by atoms with Crippen molar-refractivity contribution in [2.75, 3.05) is 39.3 Å². The van der Waals surface area contributed by atoms with Crippen molar-refractivity contribution in [3.63, 3.8) is 0 Å². The van der Waals surface area contributed by atoms with Gasteiger partial charge in [0, 0.05) is 19.6 Å². The van der Waals surface area contributed by atoms with Crippen molar-refractivity contribution in [1.29, 1.82) is 0 Å². The molecule has 2 bridgehead atoms. The Hall–Kier alpha value is -3.18. The first-order chi connectivity index (χ1) is 21.6. The minimum atomic E-state index is -1.14. The zero-order valence-electron chi connectivity index (χ0n) is 27.4. The van der Waals surface area contributed by atoms with E-state index in [1.807, 2.05) is 13.8 Å². The Labute approximate surface area is 268 Å². The van der Waals surface area contributed by atoms with Crippen molar-refractivity contribution in [3.05, 3.63) is 29.8 Å². The number of hydrogen-bond acceptors (Lipinski definition) is 7. The van der Waals surface area contributed by atoms with Crippen LogP contribution in [0.5, 0.6) is 5.75 Å². The highest BCUT2D eigenvalue weighted by Gasteiger charge is 2.30. The largest absolute Gasteiger partial charge is 0.484 e. The Morgan fingerprint density at radius 2 is 1.60 bits per heavy atom. The lowest BCUT2D eigenvalue weighted by atomic mass is 9.89. The van der Waals surface area contributed by atoms with Gasteiger partial charge in [0.15, 0.2) is 6.61 Å². The summed E-state index contributed by atoms with van der Waals surface area (Å²) >= 11 is 0. The average molecular weight is 630 g/mol. The average Bonchev–Trinajstić information content (AvgIpc) is 2.99. The van der Waals surface area contributed by atoms with E-state index in [9.17, 15) is 24.3 Å². The second-order valence-electron chi connectivity index (χ2n) is 13.1. The smallest absolute Gasteiger partial charge is 0.257 e. The first-order valence-electron chi connectivity index (χ1n) is 16.9. The number of fused-ring (bicyclic) bond motifs is 2. The molecule has 1 aromatic carbocycles. The van der Waals surface area contributed by atoms with E-state index in [1.54, 1.807) is 24.3 Å². The zero-order chi connectivity index (χ0) is 32.6. The lowest BCUT2D eigenvalue weighted by Crippen LogP contribution is -2.57. The number of hydrogen-bond donors (Lipinski definition) is 5. The molecule has 1 fully saturated rings. The van der Waals surface area contributed by atoms with Crippen LogP contribution in [-0.2, 0) is 25.6 Å². The Balaban J connectivity index is 1.71. The Bertz CT molecular complexity index is 1090. The van der Waals surface area contributed by atoms with Gasteiger partial charge >= 0.3 is 0 Å². The molecular weight excluding hydrogens is 574 g/mol. The summed E-state index contributed by atoms with van der Waals surface area (Å²) in [4.78, 5) is 54.2. The van der Waals surface area contributed by atoms with Crippen molar-refractivity contribution >= 4 is 23.6 Å². The summed E-state index contributed by atoms with van der Waals surface area (Å²) in [6.07, 6.45) is 8.13. The number of amides is 4. The number of nitrogens with zero attached hydrogens (tertiary/aromatic N) is 1. The van der Waals surface area contributed by atoms with Gasteiger partial charge in [-0.2, -0.15) is 0 Å². The SMILES string of the molecule is CC(C)C[C@H]1NC(=O)Cc2cccc(c2)OCC(=O)NCCCN(CC2CCCCC2)CCCCNC(=O)[C@H]([C@@H](C)O)NC1=O. The van der Waals surface area contributed by atoms with E-state index in [4.69, 9.17) is 4.74 Å². The molecule has 0 aromatic heterocycles. The van der Waals surface area contributed by atoms with E-state index in [1.165, 1.54) is 39.0 Å². The monoisotopic (exact) mass is 629 g/mol. The molecule has 0 radical (unpaired) electrons. The quantitative estimate of drug-likeness (QED) is 0.336. The van der Waals surface area contributed by atoms with Crippen LogP contribution in [0.4, 0.5) is 0 Å². The van der Waals surface area contributed by atoms with Crippen LogP contribution in [0.3, 0.4) is 0 Å². The lowest BCUT2D eigenvalue weighted by molar-refractivity contribution is -0.134. The maximum absolute atomic E-state index is 13.3. The van der Waals surface area contributed by atoms with E-state index in [-0.39, 0.29) is 30.8 Å². The third-order valence-corrected chi connectivity index (χ3v) is 8.47. The Morgan fingerprint density at radius 1 is 0.867 bits per heavy atom. The van der Waals surface area contributed by atoms with Crippen molar-refractivity contribution in [2.24, 2.45) is 11.8 Å². The molecule has 3 rings (SSSR count).